The van der Waals surface area contributed by atoms with Crippen LogP contribution < -0.4 is 16.5 Å². The summed E-state index contributed by atoms with van der Waals surface area (Å²) < 4.78 is 0. The summed E-state index contributed by atoms with van der Waals surface area (Å²) in [4.78, 5) is 43.4. The van der Waals surface area contributed by atoms with Crippen LogP contribution in [0.2, 0.25) is 0 Å². The first-order valence-electron chi connectivity index (χ1n) is 9.46. The zero-order valence-corrected chi connectivity index (χ0v) is 15.2. The van der Waals surface area contributed by atoms with Crippen LogP contribution in [0.15, 0.2) is 24.3 Å². The van der Waals surface area contributed by atoms with Crippen molar-refractivity contribution < 1.29 is 14.4 Å². The Morgan fingerprint density at radius 3 is 2.41 bits per heavy atom. The SMILES string of the molecule is CN1c2ccccc2C23C(=O)N(N)C(=O)C2N(C2CCCCC2)C(=O)C13N. The van der Waals surface area contributed by atoms with Crippen LogP contribution in [0.25, 0.3) is 0 Å². The normalized spacial score (nSPS) is 35.7. The highest BCUT2D eigenvalue weighted by atomic mass is 16.2. The topological polar surface area (TPSA) is 113 Å². The van der Waals surface area contributed by atoms with E-state index in [1.165, 1.54) is 0 Å². The van der Waals surface area contributed by atoms with Gasteiger partial charge in [0.15, 0.2) is 11.1 Å². The van der Waals surface area contributed by atoms with Gasteiger partial charge in [0.25, 0.3) is 17.7 Å². The van der Waals surface area contributed by atoms with Gasteiger partial charge < -0.3 is 9.80 Å². The smallest absolute Gasteiger partial charge is 0.268 e. The quantitative estimate of drug-likeness (QED) is 0.403. The van der Waals surface area contributed by atoms with Crippen molar-refractivity contribution in [1.29, 1.82) is 0 Å². The molecule has 0 bridgehead atoms. The number of hydrazine groups is 1. The monoisotopic (exact) mass is 369 g/mol. The molecule has 8 heteroatoms. The summed E-state index contributed by atoms with van der Waals surface area (Å²) in [6.07, 6.45) is 4.72. The number of likely N-dealkylation sites (tertiary alicyclic amines) is 1. The number of nitrogens with zero attached hydrogens (tertiary/aromatic N) is 3. The highest BCUT2D eigenvalue weighted by Crippen LogP contribution is 2.60. The highest BCUT2D eigenvalue weighted by molar-refractivity contribution is 6.22. The summed E-state index contributed by atoms with van der Waals surface area (Å²) in [5.74, 6) is 4.39. The van der Waals surface area contributed by atoms with E-state index in [1.807, 2.05) is 12.1 Å². The van der Waals surface area contributed by atoms with Gasteiger partial charge in [-0.25, -0.2) is 10.9 Å². The number of amides is 3. The molecular formula is C19H23N5O3. The van der Waals surface area contributed by atoms with Gasteiger partial charge in [0.05, 0.1) is 0 Å². The number of nitrogens with two attached hydrogens (primary N) is 2. The minimum Gasteiger partial charge on any atom is -0.347 e. The summed E-state index contributed by atoms with van der Waals surface area (Å²) in [6, 6.07) is 6.16. The van der Waals surface area contributed by atoms with Crippen LogP contribution in [0, 0.1) is 0 Å². The lowest BCUT2D eigenvalue weighted by atomic mass is 9.71. The minimum absolute atomic E-state index is 0.0945. The van der Waals surface area contributed by atoms with Crippen molar-refractivity contribution in [3.8, 4) is 0 Å². The summed E-state index contributed by atoms with van der Waals surface area (Å²) in [6.45, 7) is 0. The van der Waals surface area contributed by atoms with Gasteiger partial charge in [-0.15, -0.1) is 0 Å². The lowest BCUT2D eigenvalue weighted by molar-refractivity contribution is -0.148. The number of anilines is 1. The molecule has 3 atom stereocenters. The Labute approximate surface area is 157 Å². The average molecular weight is 369 g/mol. The molecule has 3 fully saturated rings. The second kappa shape index (κ2) is 5.08. The van der Waals surface area contributed by atoms with Crippen molar-refractivity contribution in [3.05, 3.63) is 29.8 Å². The second-order valence-corrected chi connectivity index (χ2v) is 8.07. The number of rotatable bonds is 1. The fraction of sp³-hybridized carbons (Fsp3) is 0.526. The van der Waals surface area contributed by atoms with Gasteiger partial charge in [0, 0.05) is 18.8 Å². The summed E-state index contributed by atoms with van der Waals surface area (Å²) in [5.41, 5.74) is 4.92. The molecule has 27 heavy (non-hydrogen) atoms. The van der Waals surface area contributed by atoms with Crippen LogP contribution in [0.5, 0.6) is 0 Å². The van der Waals surface area contributed by atoms with E-state index in [1.54, 1.807) is 29.0 Å². The van der Waals surface area contributed by atoms with Crippen LogP contribution in [0.4, 0.5) is 5.69 Å². The third-order valence-electron chi connectivity index (χ3n) is 7.06. The molecule has 1 spiro atoms. The molecule has 8 nitrogen and oxygen atoms in total. The minimum atomic E-state index is -1.65. The van der Waals surface area contributed by atoms with Crippen molar-refractivity contribution >= 4 is 23.4 Å². The Balaban J connectivity index is 1.79. The van der Waals surface area contributed by atoms with Gasteiger partial charge in [0.1, 0.15) is 6.04 Å². The molecule has 5 rings (SSSR count). The molecule has 0 radical (unpaired) electrons. The standard InChI is InChI=1S/C19H23N5O3/c1-22-13-10-6-5-9-12(13)18-14(15(25)24(21)16(18)26)23(17(27)19(18,22)20)11-7-3-2-4-8-11/h5-6,9-11,14H,2-4,7-8,20-21H2,1H3. The van der Waals surface area contributed by atoms with Crippen molar-refractivity contribution in [2.24, 2.45) is 11.6 Å². The molecule has 4 aliphatic rings. The lowest BCUT2D eigenvalue weighted by Crippen LogP contribution is -2.69. The first-order chi connectivity index (χ1) is 12.9. The van der Waals surface area contributed by atoms with Gasteiger partial charge in [-0.05, 0) is 24.5 Å². The van der Waals surface area contributed by atoms with Crippen LogP contribution in [0.1, 0.15) is 37.7 Å². The molecule has 2 saturated heterocycles. The molecule has 3 aliphatic heterocycles. The summed E-state index contributed by atoms with van der Waals surface area (Å²) in [7, 11) is 1.71. The maximum Gasteiger partial charge on any atom is 0.268 e. The molecule has 3 unspecified atom stereocenters. The van der Waals surface area contributed by atoms with Gasteiger partial charge in [-0.1, -0.05) is 37.5 Å². The van der Waals surface area contributed by atoms with Crippen LogP contribution in [-0.4, -0.2) is 52.4 Å². The fourth-order valence-corrected chi connectivity index (χ4v) is 5.81. The zero-order chi connectivity index (χ0) is 19.1. The molecule has 1 aliphatic carbocycles. The maximum absolute atomic E-state index is 13.7. The first-order valence-corrected chi connectivity index (χ1v) is 9.46. The predicted octanol–water partition coefficient (Wildman–Crippen LogP) is -0.185. The number of hydrogen-bond donors (Lipinski definition) is 2. The third kappa shape index (κ3) is 1.57. The summed E-state index contributed by atoms with van der Waals surface area (Å²) >= 11 is 0. The largest absolute Gasteiger partial charge is 0.347 e. The Morgan fingerprint density at radius 1 is 1.04 bits per heavy atom. The molecule has 1 aromatic rings. The van der Waals surface area contributed by atoms with E-state index in [4.69, 9.17) is 11.6 Å². The van der Waals surface area contributed by atoms with E-state index in [2.05, 4.69) is 0 Å². The molecular weight excluding hydrogens is 346 g/mol. The highest BCUT2D eigenvalue weighted by Gasteiger charge is 2.83. The number of carbonyl (C=O) groups is 3. The van der Waals surface area contributed by atoms with E-state index >= 15 is 0 Å². The van der Waals surface area contributed by atoms with E-state index in [9.17, 15) is 14.4 Å². The van der Waals surface area contributed by atoms with E-state index < -0.39 is 28.9 Å². The molecule has 3 amide bonds. The Morgan fingerprint density at radius 2 is 1.70 bits per heavy atom. The number of benzene rings is 1. The average Bonchev–Trinajstić information content (AvgIpc) is 3.12. The molecule has 0 aromatic heterocycles. The lowest BCUT2D eigenvalue weighted by Gasteiger charge is -2.37. The number of imide groups is 1. The van der Waals surface area contributed by atoms with Crippen molar-refractivity contribution in [3.63, 3.8) is 0 Å². The third-order valence-corrected chi connectivity index (χ3v) is 7.06. The van der Waals surface area contributed by atoms with E-state index in [0.717, 1.165) is 32.1 Å². The molecule has 4 N–H and O–H groups in total. The number of para-hydroxylation sites is 1. The van der Waals surface area contributed by atoms with Crippen molar-refractivity contribution in [2.45, 2.75) is 55.3 Å². The summed E-state index contributed by atoms with van der Waals surface area (Å²) in [5, 5.41) is 0.671. The number of likely N-dealkylation sites (N-methyl/N-ethyl adjacent to an activating group) is 1. The molecule has 3 heterocycles. The Kier molecular flexibility index (Phi) is 3.14. The van der Waals surface area contributed by atoms with Gasteiger partial charge in [-0.3, -0.25) is 20.1 Å². The molecule has 1 saturated carbocycles. The molecule has 142 valence electrons. The van der Waals surface area contributed by atoms with Crippen LogP contribution in [0.3, 0.4) is 0 Å². The van der Waals surface area contributed by atoms with Crippen molar-refractivity contribution in [2.75, 3.05) is 11.9 Å². The predicted molar refractivity (Wildman–Crippen MR) is 97.0 cm³/mol. The second-order valence-electron chi connectivity index (χ2n) is 8.07. The van der Waals surface area contributed by atoms with E-state index in [0.29, 0.717) is 16.3 Å². The van der Waals surface area contributed by atoms with E-state index in [-0.39, 0.29) is 11.9 Å². The number of carbonyl (C=O) groups excluding carboxylic acids is 3. The Bertz CT molecular complexity index is 882. The number of fused-ring (bicyclic) bond motifs is 1. The van der Waals surface area contributed by atoms with Crippen molar-refractivity contribution in [1.82, 2.24) is 9.91 Å². The molecule has 1 aromatic carbocycles. The fourth-order valence-electron chi connectivity index (χ4n) is 5.81. The van der Waals surface area contributed by atoms with Gasteiger partial charge in [-0.2, -0.15) is 0 Å². The maximum atomic E-state index is 13.7. The van der Waals surface area contributed by atoms with Crippen LogP contribution >= 0.6 is 0 Å². The first kappa shape index (κ1) is 16.7. The van der Waals surface area contributed by atoms with Gasteiger partial charge in [0.2, 0.25) is 0 Å². The zero-order valence-electron chi connectivity index (χ0n) is 15.2. The number of hydrogen-bond acceptors (Lipinski definition) is 6. The van der Waals surface area contributed by atoms with Gasteiger partial charge >= 0.3 is 0 Å². The van der Waals surface area contributed by atoms with Crippen LogP contribution in [-0.2, 0) is 19.8 Å². The Hall–Kier alpha value is -2.45.